The van der Waals surface area contributed by atoms with Gasteiger partial charge in [0.2, 0.25) is 0 Å². The first-order valence-electron chi connectivity index (χ1n) is 3.48. The molecule has 0 saturated carbocycles. The molecule has 1 nitrogen and oxygen atoms in total. The Labute approximate surface area is 79.2 Å². The molecule has 1 rings (SSSR count). The van der Waals surface area contributed by atoms with E-state index < -0.39 is 0 Å². The molecule has 2 N–H and O–H groups in total. The van der Waals surface area contributed by atoms with Gasteiger partial charge in [0.05, 0.1) is 4.47 Å². The maximum absolute atomic E-state index is 12.8. The Balaban J connectivity index is 3.04. The third-order valence-corrected chi connectivity index (χ3v) is 2.19. The van der Waals surface area contributed by atoms with Gasteiger partial charge >= 0.3 is 0 Å². The highest BCUT2D eigenvalue weighted by molar-refractivity contribution is 9.10. The normalized spacial score (nSPS) is 12.6. The van der Waals surface area contributed by atoms with Crippen LogP contribution in [-0.2, 0) is 0 Å². The molecule has 0 amide bonds. The average molecular weight is 230 g/mol. The fraction of sp³-hybridized carbons (Fsp3) is 0.111. The van der Waals surface area contributed by atoms with Crippen molar-refractivity contribution in [1.82, 2.24) is 0 Å². The van der Waals surface area contributed by atoms with Crippen LogP contribution in [0.2, 0.25) is 0 Å². The van der Waals surface area contributed by atoms with E-state index in [-0.39, 0.29) is 11.9 Å². The first-order valence-corrected chi connectivity index (χ1v) is 4.27. The molecule has 0 heterocycles. The van der Waals surface area contributed by atoms with Crippen LogP contribution < -0.4 is 5.73 Å². The predicted octanol–water partition coefficient (Wildman–Crippen LogP) is 2.77. The minimum absolute atomic E-state index is 0.234. The molecule has 0 aromatic heterocycles. The molecule has 1 aromatic rings. The van der Waals surface area contributed by atoms with Gasteiger partial charge < -0.3 is 5.73 Å². The number of halogens is 2. The lowest BCUT2D eigenvalue weighted by Gasteiger charge is -2.06. The zero-order valence-electron chi connectivity index (χ0n) is 6.43. The third-order valence-electron chi connectivity index (χ3n) is 1.58. The number of nitrogens with two attached hydrogens (primary N) is 1. The average Bonchev–Trinajstić information content (AvgIpc) is 2.08. The fourth-order valence-corrected chi connectivity index (χ4v) is 1.25. The first-order chi connectivity index (χ1) is 5.65. The predicted molar refractivity (Wildman–Crippen MR) is 51.2 cm³/mol. The van der Waals surface area contributed by atoms with E-state index in [1.165, 1.54) is 6.07 Å². The third kappa shape index (κ3) is 1.93. The van der Waals surface area contributed by atoms with Gasteiger partial charge in [-0.2, -0.15) is 0 Å². The summed E-state index contributed by atoms with van der Waals surface area (Å²) in [6.07, 6.45) is 1.61. The van der Waals surface area contributed by atoms with Crippen molar-refractivity contribution >= 4 is 15.9 Å². The lowest BCUT2D eigenvalue weighted by Crippen LogP contribution is -2.06. The number of benzene rings is 1. The Bertz CT molecular complexity index is 299. The fourth-order valence-electron chi connectivity index (χ4n) is 0.856. The minimum Gasteiger partial charge on any atom is -0.321 e. The number of rotatable bonds is 2. The minimum atomic E-state index is -0.282. The summed E-state index contributed by atoms with van der Waals surface area (Å²) in [5, 5.41) is 0. The van der Waals surface area contributed by atoms with E-state index in [4.69, 9.17) is 5.73 Å². The van der Waals surface area contributed by atoms with E-state index in [9.17, 15) is 4.39 Å². The molecule has 12 heavy (non-hydrogen) atoms. The highest BCUT2D eigenvalue weighted by Gasteiger charge is 2.04. The van der Waals surface area contributed by atoms with Crippen molar-refractivity contribution in [3.05, 3.63) is 46.7 Å². The molecule has 0 fully saturated rings. The Hall–Kier alpha value is -0.670. The number of hydrogen-bond donors (Lipinski definition) is 1. The zero-order chi connectivity index (χ0) is 9.14. The quantitative estimate of drug-likeness (QED) is 0.776. The van der Waals surface area contributed by atoms with Crippen molar-refractivity contribution in [2.75, 3.05) is 0 Å². The van der Waals surface area contributed by atoms with Crippen LogP contribution in [0, 0.1) is 5.82 Å². The van der Waals surface area contributed by atoms with Crippen molar-refractivity contribution in [3.63, 3.8) is 0 Å². The summed E-state index contributed by atoms with van der Waals surface area (Å²) in [6.45, 7) is 3.56. The van der Waals surface area contributed by atoms with Gasteiger partial charge in [0, 0.05) is 6.04 Å². The van der Waals surface area contributed by atoms with E-state index in [2.05, 4.69) is 22.5 Å². The summed E-state index contributed by atoms with van der Waals surface area (Å²) in [5.41, 5.74) is 6.50. The lowest BCUT2D eigenvalue weighted by molar-refractivity contribution is 0.619. The van der Waals surface area contributed by atoms with Gasteiger partial charge in [0.15, 0.2) is 0 Å². The highest BCUT2D eigenvalue weighted by atomic mass is 79.9. The van der Waals surface area contributed by atoms with Crippen LogP contribution in [-0.4, -0.2) is 0 Å². The molecule has 0 unspecified atom stereocenters. The van der Waals surface area contributed by atoms with Gasteiger partial charge in [-0.3, -0.25) is 0 Å². The Morgan fingerprint density at radius 1 is 1.58 bits per heavy atom. The van der Waals surface area contributed by atoms with Crippen LogP contribution in [0.1, 0.15) is 11.6 Å². The molecule has 0 bridgehead atoms. The summed E-state index contributed by atoms with van der Waals surface area (Å²) < 4.78 is 13.2. The van der Waals surface area contributed by atoms with Crippen LogP contribution >= 0.6 is 15.9 Å². The van der Waals surface area contributed by atoms with Gasteiger partial charge in [-0.25, -0.2) is 4.39 Å². The smallest absolute Gasteiger partial charge is 0.137 e. The molecule has 0 aliphatic rings. The van der Waals surface area contributed by atoms with Gasteiger partial charge in [-0.15, -0.1) is 6.58 Å². The maximum Gasteiger partial charge on any atom is 0.137 e. The largest absolute Gasteiger partial charge is 0.321 e. The van der Waals surface area contributed by atoms with Crippen molar-refractivity contribution in [1.29, 1.82) is 0 Å². The summed E-state index contributed by atoms with van der Waals surface area (Å²) in [5.74, 6) is -0.282. The monoisotopic (exact) mass is 229 g/mol. The molecule has 0 aliphatic heterocycles. The highest BCUT2D eigenvalue weighted by Crippen LogP contribution is 2.20. The standard InChI is InChI=1S/C9H9BrFN/c1-2-9(12)6-3-4-8(11)7(10)5-6/h2-5,9H,1,12H2/t9-/m1/s1. The van der Waals surface area contributed by atoms with Crippen molar-refractivity contribution < 1.29 is 4.39 Å². The second-order valence-corrected chi connectivity index (χ2v) is 3.29. The topological polar surface area (TPSA) is 26.0 Å². The van der Waals surface area contributed by atoms with E-state index in [0.29, 0.717) is 4.47 Å². The van der Waals surface area contributed by atoms with Gasteiger partial charge in [0.25, 0.3) is 0 Å². The summed E-state index contributed by atoms with van der Waals surface area (Å²) in [7, 11) is 0. The van der Waals surface area contributed by atoms with Crippen LogP contribution in [0.4, 0.5) is 4.39 Å². The Morgan fingerprint density at radius 2 is 2.25 bits per heavy atom. The van der Waals surface area contributed by atoms with Crippen LogP contribution in [0.25, 0.3) is 0 Å². The van der Waals surface area contributed by atoms with Gasteiger partial charge in [0.1, 0.15) is 5.82 Å². The van der Waals surface area contributed by atoms with Crippen LogP contribution in [0.15, 0.2) is 35.3 Å². The van der Waals surface area contributed by atoms with Crippen LogP contribution in [0.5, 0.6) is 0 Å². The van der Waals surface area contributed by atoms with Crippen molar-refractivity contribution in [2.24, 2.45) is 5.73 Å². The van der Waals surface area contributed by atoms with Crippen molar-refractivity contribution in [3.8, 4) is 0 Å². The molecular weight excluding hydrogens is 221 g/mol. The summed E-state index contributed by atoms with van der Waals surface area (Å²) in [4.78, 5) is 0. The first kappa shape index (κ1) is 9.42. The molecule has 1 atom stereocenters. The molecule has 0 saturated heterocycles. The van der Waals surface area contributed by atoms with E-state index in [1.54, 1.807) is 18.2 Å². The van der Waals surface area contributed by atoms with Crippen LogP contribution in [0.3, 0.4) is 0 Å². The summed E-state index contributed by atoms with van der Waals surface area (Å²) in [6, 6.07) is 4.44. The summed E-state index contributed by atoms with van der Waals surface area (Å²) >= 11 is 3.08. The second-order valence-electron chi connectivity index (χ2n) is 2.44. The molecule has 64 valence electrons. The van der Waals surface area contributed by atoms with Gasteiger partial charge in [-0.05, 0) is 33.6 Å². The van der Waals surface area contributed by atoms with E-state index in [1.807, 2.05) is 0 Å². The SMILES string of the molecule is C=C[C@@H](N)c1ccc(F)c(Br)c1. The molecule has 1 aromatic carbocycles. The molecule has 0 aliphatic carbocycles. The van der Waals surface area contributed by atoms with E-state index >= 15 is 0 Å². The molecule has 3 heteroatoms. The molecule has 0 spiro atoms. The maximum atomic E-state index is 12.8. The Kier molecular flexibility index (Phi) is 3.00. The Morgan fingerprint density at radius 3 is 2.75 bits per heavy atom. The number of hydrogen-bond acceptors (Lipinski definition) is 1. The zero-order valence-corrected chi connectivity index (χ0v) is 8.01. The lowest BCUT2D eigenvalue weighted by atomic mass is 10.1. The van der Waals surface area contributed by atoms with E-state index in [0.717, 1.165) is 5.56 Å². The van der Waals surface area contributed by atoms with Gasteiger partial charge in [-0.1, -0.05) is 12.1 Å². The molecular formula is C9H9BrFN. The second kappa shape index (κ2) is 3.83. The van der Waals surface area contributed by atoms with Crippen molar-refractivity contribution in [2.45, 2.75) is 6.04 Å². The molecule has 0 radical (unpaired) electrons.